The molecule has 0 spiro atoms. The van der Waals surface area contributed by atoms with Crippen molar-refractivity contribution >= 4 is 18.0 Å². The summed E-state index contributed by atoms with van der Waals surface area (Å²) in [5.74, 6) is -0.598. The summed E-state index contributed by atoms with van der Waals surface area (Å²) in [6.45, 7) is 1.70. The van der Waals surface area contributed by atoms with E-state index in [2.05, 4.69) is 10.5 Å². The van der Waals surface area contributed by atoms with Gasteiger partial charge in [-0.1, -0.05) is 42.5 Å². The normalized spacial score (nSPS) is 13.8. The zero-order chi connectivity index (χ0) is 18.2. The molecule has 2 amide bonds. The molecule has 3 rings (SSSR count). The molecule has 1 fully saturated rings. The molecule has 134 valence electrons. The second-order valence-corrected chi connectivity index (χ2v) is 6.01. The summed E-state index contributed by atoms with van der Waals surface area (Å²) in [4.78, 5) is 25.3. The molecule has 2 aromatic carbocycles. The smallest absolute Gasteiger partial charge is 0.329 e. The maximum atomic E-state index is 11.9. The lowest BCUT2D eigenvalue weighted by molar-refractivity contribution is -0.145. The second-order valence-electron chi connectivity index (χ2n) is 6.01. The number of hydrogen-bond acceptors (Lipinski definition) is 4. The molecule has 0 aromatic heterocycles. The summed E-state index contributed by atoms with van der Waals surface area (Å²) in [6.07, 6.45) is 3.36. The van der Waals surface area contributed by atoms with E-state index in [1.165, 1.54) is 6.21 Å². The number of nitrogens with one attached hydrogen (secondary N) is 1. The number of hydrogen-bond donors (Lipinski definition) is 1. The number of hydrazone groups is 1. The van der Waals surface area contributed by atoms with Crippen LogP contribution in [0.5, 0.6) is 5.75 Å². The van der Waals surface area contributed by atoms with Gasteiger partial charge in [0.05, 0.1) is 6.21 Å². The minimum Gasteiger partial charge on any atom is -0.488 e. The first kappa shape index (κ1) is 17.7. The largest absolute Gasteiger partial charge is 0.488 e. The minimum absolute atomic E-state index is 0.436. The van der Waals surface area contributed by atoms with E-state index in [0.717, 1.165) is 24.0 Å². The molecule has 0 aliphatic carbocycles. The molecule has 6 nitrogen and oxygen atoms in total. The van der Waals surface area contributed by atoms with Crippen molar-refractivity contribution in [2.75, 3.05) is 13.1 Å². The Morgan fingerprint density at radius 2 is 1.73 bits per heavy atom. The van der Waals surface area contributed by atoms with Crippen LogP contribution in [0.3, 0.4) is 0 Å². The lowest BCUT2D eigenvalue weighted by atomic mass is 10.2. The van der Waals surface area contributed by atoms with Crippen LogP contribution in [0.1, 0.15) is 24.0 Å². The molecule has 0 radical (unpaired) electrons. The molecule has 1 aliphatic heterocycles. The van der Waals surface area contributed by atoms with Crippen LogP contribution >= 0.6 is 0 Å². The van der Waals surface area contributed by atoms with Gasteiger partial charge in [-0.05, 0) is 30.5 Å². The lowest BCUT2D eigenvalue weighted by Gasteiger charge is -2.13. The molecule has 0 bridgehead atoms. The van der Waals surface area contributed by atoms with Gasteiger partial charge in [-0.15, -0.1) is 0 Å². The van der Waals surface area contributed by atoms with Crippen LogP contribution in [0.4, 0.5) is 0 Å². The van der Waals surface area contributed by atoms with Crippen molar-refractivity contribution in [1.29, 1.82) is 0 Å². The zero-order valence-electron chi connectivity index (χ0n) is 14.4. The number of ether oxygens (including phenoxy) is 1. The van der Waals surface area contributed by atoms with Gasteiger partial charge >= 0.3 is 11.8 Å². The van der Waals surface area contributed by atoms with E-state index < -0.39 is 11.8 Å². The molecule has 0 atom stereocenters. The van der Waals surface area contributed by atoms with Crippen molar-refractivity contribution in [3.63, 3.8) is 0 Å². The first-order valence-corrected chi connectivity index (χ1v) is 8.62. The van der Waals surface area contributed by atoms with Crippen LogP contribution in [0, 0.1) is 0 Å². The Bertz CT molecular complexity index is 784. The van der Waals surface area contributed by atoms with E-state index in [1.807, 2.05) is 54.6 Å². The van der Waals surface area contributed by atoms with E-state index in [-0.39, 0.29) is 0 Å². The SMILES string of the molecule is O=C(N/N=C\c1ccccc1OCc1ccccc1)C(=O)N1CCCC1. The van der Waals surface area contributed by atoms with Gasteiger partial charge in [-0.25, -0.2) is 5.43 Å². The molecular weight excluding hydrogens is 330 g/mol. The third-order valence-electron chi connectivity index (χ3n) is 4.11. The highest BCUT2D eigenvalue weighted by atomic mass is 16.5. The van der Waals surface area contributed by atoms with Crippen LogP contribution in [0.2, 0.25) is 0 Å². The second kappa shape index (κ2) is 8.80. The molecule has 26 heavy (non-hydrogen) atoms. The molecule has 0 unspecified atom stereocenters. The fraction of sp³-hybridized carbons (Fsp3) is 0.250. The molecule has 1 aliphatic rings. The number of carbonyl (C=O) groups excluding carboxylic acids is 2. The quantitative estimate of drug-likeness (QED) is 0.511. The molecule has 6 heteroatoms. The molecule has 0 saturated carbocycles. The summed E-state index contributed by atoms with van der Waals surface area (Å²) >= 11 is 0. The van der Waals surface area contributed by atoms with Gasteiger partial charge in [0.1, 0.15) is 12.4 Å². The topological polar surface area (TPSA) is 71.0 Å². The van der Waals surface area contributed by atoms with Crippen LogP contribution in [-0.2, 0) is 16.2 Å². The first-order chi connectivity index (χ1) is 12.7. The van der Waals surface area contributed by atoms with Gasteiger partial charge in [-0.3, -0.25) is 9.59 Å². The third kappa shape index (κ3) is 4.69. The van der Waals surface area contributed by atoms with Crippen molar-refractivity contribution in [2.45, 2.75) is 19.4 Å². The molecular formula is C20H21N3O3. The number of para-hydroxylation sites is 1. The van der Waals surface area contributed by atoms with Crippen molar-refractivity contribution in [2.24, 2.45) is 5.10 Å². The maximum Gasteiger partial charge on any atom is 0.329 e. The standard InChI is InChI=1S/C20H21N3O3/c24-19(20(25)23-12-6-7-13-23)22-21-14-17-10-4-5-11-18(17)26-15-16-8-2-1-3-9-16/h1-5,8-11,14H,6-7,12-13,15H2,(H,22,24)/b21-14-. The van der Waals surface area contributed by atoms with Crippen LogP contribution in [0.15, 0.2) is 59.7 Å². The van der Waals surface area contributed by atoms with Gasteiger partial charge in [-0.2, -0.15) is 5.10 Å². The van der Waals surface area contributed by atoms with E-state index in [9.17, 15) is 9.59 Å². The van der Waals surface area contributed by atoms with Gasteiger partial charge in [0.15, 0.2) is 0 Å². The summed E-state index contributed by atoms with van der Waals surface area (Å²) in [5, 5.41) is 3.90. The number of amides is 2. The maximum absolute atomic E-state index is 11.9. The van der Waals surface area contributed by atoms with E-state index >= 15 is 0 Å². The summed E-state index contributed by atoms with van der Waals surface area (Å²) in [6, 6.07) is 17.2. The van der Waals surface area contributed by atoms with Crippen molar-refractivity contribution in [3.8, 4) is 5.75 Å². The number of carbonyl (C=O) groups is 2. The minimum atomic E-state index is -0.717. The Morgan fingerprint density at radius 1 is 1.04 bits per heavy atom. The summed E-state index contributed by atoms with van der Waals surface area (Å²) < 4.78 is 5.83. The van der Waals surface area contributed by atoms with Gasteiger partial charge in [0.25, 0.3) is 0 Å². The monoisotopic (exact) mass is 351 g/mol. The van der Waals surface area contributed by atoms with Crippen molar-refractivity contribution in [3.05, 3.63) is 65.7 Å². The highest BCUT2D eigenvalue weighted by Crippen LogP contribution is 2.17. The predicted molar refractivity (Wildman–Crippen MR) is 98.8 cm³/mol. The first-order valence-electron chi connectivity index (χ1n) is 8.62. The van der Waals surface area contributed by atoms with E-state index in [0.29, 0.717) is 25.4 Å². The van der Waals surface area contributed by atoms with Gasteiger partial charge in [0.2, 0.25) is 0 Å². The Labute approximate surface area is 152 Å². The number of rotatable bonds is 5. The van der Waals surface area contributed by atoms with Crippen molar-refractivity contribution < 1.29 is 14.3 Å². The Kier molecular flexibility index (Phi) is 5.98. The highest BCUT2D eigenvalue weighted by Gasteiger charge is 2.23. The highest BCUT2D eigenvalue weighted by molar-refractivity contribution is 6.35. The Morgan fingerprint density at radius 3 is 2.50 bits per heavy atom. The molecule has 1 heterocycles. The lowest BCUT2D eigenvalue weighted by Crippen LogP contribution is -2.39. The number of benzene rings is 2. The van der Waals surface area contributed by atoms with E-state index in [1.54, 1.807) is 4.90 Å². The summed E-state index contributed by atoms with van der Waals surface area (Å²) in [5.41, 5.74) is 4.07. The average molecular weight is 351 g/mol. The molecule has 1 saturated heterocycles. The zero-order valence-corrected chi connectivity index (χ0v) is 14.4. The predicted octanol–water partition coefficient (Wildman–Crippen LogP) is 2.34. The van der Waals surface area contributed by atoms with Crippen LogP contribution in [-0.4, -0.2) is 36.0 Å². The van der Waals surface area contributed by atoms with Crippen molar-refractivity contribution in [1.82, 2.24) is 10.3 Å². The summed E-state index contributed by atoms with van der Waals surface area (Å²) in [7, 11) is 0. The number of nitrogens with zero attached hydrogens (tertiary/aromatic N) is 2. The Balaban J connectivity index is 1.58. The molecule has 1 N–H and O–H groups in total. The third-order valence-corrected chi connectivity index (χ3v) is 4.11. The van der Waals surface area contributed by atoms with Crippen LogP contribution in [0.25, 0.3) is 0 Å². The van der Waals surface area contributed by atoms with Crippen LogP contribution < -0.4 is 10.2 Å². The van der Waals surface area contributed by atoms with Gasteiger partial charge in [0, 0.05) is 18.7 Å². The number of likely N-dealkylation sites (tertiary alicyclic amines) is 1. The molecule has 2 aromatic rings. The fourth-order valence-electron chi connectivity index (χ4n) is 2.73. The van der Waals surface area contributed by atoms with Gasteiger partial charge < -0.3 is 9.64 Å². The van der Waals surface area contributed by atoms with E-state index in [4.69, 9.17) is 4.74 Å². The average Bonchev–Trinajstić information content (AvgIpc) is 3.22. The Hall–Kier alpha value is -3.15. The fourth-order valence-corrected chi connectivity index (χ4v) is 2.73.